The molecule has 78 valence electrons. The van der Waals surface area contributed by atoms with Crippen LogP contribution < -0.4 is 5.32 Å². The van der Waals surface area contributed by atoms with Crippen molar-refractivity contribution in [2.24, 2.45) is 7.05 Å². The lowest BCUT2D eigenvalue weighted by Gasteiger charge is -2.14. The molecule has 1 N–H and O–H groups in total. The van der Waals surface area contributed by atoms with Crippen molar-refractivity contribution in [3.05, 3.63) is 12.4 Å². The van der Waals surface area contributed by atoms with Crippen LogP contribution >= 0.6 is 0 Å². The van der Waals surface area contributed by atoms with Crippen LogP contribution in [0.2, 0.25) is 0 Å². The second kappa shape index (κ2) is 4.64. The summed E-state index contributed by atoms with van der Waals surface area (Å²) < 4.78 is 1.69. The Bertz CT molecular complexity index is 308. The van der Waals surface area contributed by atoms with E-state index in [1.807, 2.05) is 20.2 Å². The molecule has 14 heavy (non-hydrogen) atoms. The molecule has 0 spiro atoms. The van der Waals surface area contributed by atoms with E-state index >= 15 is 0 Å². The molecule has 1 heterocycles. The van der Waals surface area contributed by atoms with E-state index in [-0.39, 0.29) is 5.91 Å². The number of aryl methyl sites for hydroxylation is 1. The van der Waals surface area contributed by atoms with E-state index in [1.165, 1.54) is 0 Å². The highest BCUT2D eigenvalue weighted by Gasteiger charge is 2.05. The number of nitrogens with one attached hydrogen (secondary N) is 1. The van der Waals surface area contributed by atoms with Crippen LogP contribution in [0.25, 0.3) is 0 Å². The van der Waals surface area contributed by atoms with Gasteiger partial charge in [-0.25, -0.2) is 0 Å². The van der Waals surface area contributed by atoms with Crippen LogP contribution in [0.1, 0.15) is 6.92 Å². The van der Waals surface area contributed by atoms with E-state index in [0.717, 1.165) is 12.2 Å². The fraction of sp³-hybridized carbons (Fsp3) is 0.556. The van der Waals surface area contributed by atoms with Gasteiger partial charge in [-0.2, -0.15) is 5.10 Å². The van der Waals surface area contributed by atoms with Gasteiger partial charge in [-0.1, -0.05) is 0 Å². The second-order valence-electron chi connectivity index (χ2n) is 3.16. The Balaban J connectivity index is 2.37. The van der Waals surface area contributed by atoms with E-state index in [9.17, 15) is 4.79 Å². The highest BCUT2D eigenvalue weighted by Crippen LogP contribution is 2.02. The number of anilines is 1. The number of rotatable bonds is 4. The van der Waals surface area contributed by atoms with Crippen LogP contribution in [0.3, 0.4) is 0 Å². The average Bonchev–Trinajstić information content (AvgIpc) is 2.59. The number of nitrogens with zero attached hydrogens (tertiary/aromatic N) is 3. The first kappa shape index (κ1) is 10.6. The van der Waals surface area contributed by atoms with Gasteiger partial charge in [0.25, 0.3) is 0 Å². The first-order chi connectivity index (χ1) is 6.63. The third-order valence-electron chi connectivity index (χ3n) is 2.05. The van der Waals surface area contributed by atoms with Crippen LogP contribution in [0.4, 0.5) is 5.69 Å². The second-order valence-corrected chi connectivity index (χ2v) is 3.16. The number of hydrogen-bond donors (Lipinski definition) is 1. The molecule has 5 heteroatoms. The molecule has 1 rings (SSSR count). The molecule has 1 amide bonds. The molecule has 0 bridgehead atoms. The minimum absolute atomic E-state index is 0.0800. The number of aromatic nitrogens is 2. The number of carbonyl (C=O) groups excluding carboxylic acids is 1. The SMILES string of the molecule is CCN(C)C(=O)CNc1cnn(C)c1. The van der Waals surface area contributed by atoms with Gasteiger partial charge < -0.3 is 10.2 Å². The Kier molecular flexibility index (Phi) is 3.50. The summed E-state index contributed by atoms with van der Waals surface area (Å²) in [6.07, 6.45) is 3.53. The summed E-state index contributed by atoms with van der Waals surface area (Å²) in [4.78, 5) is 13.1. The molecule has 0 atom stereocenters. The maximum Gasteiger partial charge on any atom is 0.241 e. The molecule has 0 fully saturated rings. The number of hydrogen-bond acceptors (Lipinski definition) is 3. The minimum atomic E-state index is 0.0800. The molecule has 0 radical (unpaired) electrons. The molecule has 0 saturated heterocycles. The molecular weight excluding hydrogens is 180 g/mol. The smallest absolute Gasteiger partial charge is 0.241 e. The fourth-order valence-electron chi connectivity index (χ4n) is 1.00. The molecular formula is C9H16N4O. The van der Waals surface area contributed by atoms with Crippen molar-refractivity contribution in [3.63, 3.8) is 0 Å². The quantitative estimate of drug-likeness (QED) is 0.754. The van der Waals surface area contributed by atoms with Crippen LogP contribution in [0, 0.1) is 0 Å². The predicted octanol–water partition coefficient (Wildman–Crippen LogP) is 0.310. The third-order valence-corrected chi connectivity index (χ3v) is 2.05. The Hall–Kier alpha value is -1.52. The van der Waals surface area contributed by atoms with Crippen molar-refractivity contribution in [1.29, 1.82) is 0 Å². The van der Waals surface area contributed by atoms with Gasteiger partial charge in [0.1, 0.15) is 0 Å². The van der Waals surface area contributed by atoms with Gasteiger partial charge in [0.2, 0.25) is 5.91 Å². The van der Waals surface area contributed by atoms with Crippen molar-refractivity contribution in [3.8, 4) is 0 Å². The Morgan fingerprint density at radius 2 is 2.43 bits per heavy atom. The van der Waals surface area contributed by atoms with Crippen molar-refractivity contribution in [2.45, 2.75) is 6.92 Å². The van der Waals surface area contributed by atoms with Crippen molar-refractivity contribution in [2.75, 3.05) is 25.5 Å². The van der Waals surface area contributed by atoms with E-state index in [0.29, 0.717) is 6.54 Å². The lowest BCUT2D eigenvalue weighted by molar-refractivity contribution is -0.127. The maximum absolute atomic E-state index is 11.4. The number of carbonyl (C=O) groups is 1. The van der Waals surface area contributed by atoms with Gasteiger partial charge in [-0.15, -0.1) is 0 Å². The largest absolute Gasteiger partial charge is 0.374 e. The van der Waals surface area contributed by atoms with Gasteiger partial charge >= 0.3 is 0 Å². The molecule has 0 aliphatic heterocycles. The lowest BCUT2D eigenvalue weighted by atomic mass is 10.4. The summed E-state index contributed by atoms with van der Waals surface area (Å²) in [5, 5.41) is 6.99. The predicted molar refractivity (Wildman–Crippen MR) is 55.0 cm³/mol. The lowest BCUT2D eigenvalue weighted by Crippen LogP contribution is -2.31. The van der Waals surface area contributed by atoms with E-state index in [1.54, 1.807) is 22.8 Å². The van der Waals surface area contributed by atoms with Gasteiger partial charge in [0, 0.05) is 26.8 Å². The van der Waals surface area contributed by atoms with Crippen LogP contribution in [0.15, 0.2) is 12.4 Å². The summed E-state index contributed by atoms with van der Waals surface area (Å²) >= 11 is 0. The molecule has 0 saturated carbocycles. The first-order valence-electron chi connectivity index (χ1n) is 4.60. The van der Waals surface area contributed by atoms with Crippen LogP contribution in [-0.4, -0.2) is 40.7 Å². The molecule has 0 aliphatic rings. The number of likely N-dealkylation sites (N-methyl/N-ethyl adjacent to an activating group) is 1. The first-order valence-corrected chi connectivity index (χ1v) is 4.60. The molecule has 5 nitrogen and oxygen atoms in total. The summed E-state index contributed by atoms with van der Waals surface area (Å²) in [7, 11) is 3.62. The Morgan fingerprint density at radius 3 is 2.93 bits per heavy atom. The average molecular weight is 196 g/mol. The highest BCUT2D eigenvalue weighted by molar-refractivity contribution is 5.80. The summed E-state index contributed by atoms with van der Waals surface area (Å²) in [5.41, 5.74) is 0.866. The Labute approximate surface area is 83.7 Å². The summed E-state index contributed by atoms with van der Waals surface area (Å²) in [6, 6.07) is 0. The standard InChI is InChI=1S/C9H16N4O/c1-4-12(2)9(14)6-10-8-5-11-13(3)7-8/h5,7,10H,4,6H2,1-3H3. The molecule has 0 aromatic carbocycles. The molecule has 1 aromatic rings. The minimum Gasteiger partial charge on any atom is -0.374 e. The van der Waals surface area contributed by atoms with Crippen molar-refractivity contribution in [1.82, 2.24) is 14.7 Å². The normalized spacial score (nSPS) is 9.93. The summed E-state index contributed by atoms with van der Waals surface area (Å²) in [5.74, 6) is 0.0800. The zero-order chi connectivity index (χ0) is 10.6. The molecule has 0 unspecified atom stereocenters. The highest BCUT2D eigenvalue weighted by atomic mass is 16.2. The number of amides is 1. The molecule has 0 aliphatic carbocycles. The summed E-state index contributed by atoms with van der Waals surface area (Å²) in [6.45, 7) is 2.99. The van der Waals surface area contributed by atoms with Gasteiger partial charge in [-0.3, -0.25) is 9.48 Å². The van der Waals surface area contributed by atoms with Crippen LogP contribution in [0.5, 0.6) is 0 Å². The van der Waals surface area contributed by atoms with E-state index in [4.69, 9.17) is 0 Å². The topological polar surface area (TPSA) is 50.2 Å². The van der Waals surface area contributed by atoms with Gasteiger partial charge in [-0.05, 0) is 6.92 Å². The van der Waals surface area contributed by atoms with E-state index < -0.39 is 0 Å². The van der Waals surface area contributed by atoms with Crippen molar-refractivity contribution < 1.29 is 4.79 Å². The maximum atomic E-state index is 11.4. The zero-order valence-electron chi connectivity index (χ0n) is 8.82. The third kappa shape index (κ3) is 2.76. The van der Waals surface area contributed by atoms with Crippen LogP contribution in [-0.2, 0) is 11.8 Å². The van der Waals surface area contributed by atoms with E-state index in [2.05, 4.69) is 10.4 Å². The zero-order valence-corrected chi connectivity index (χ0v) is 8.82. The Morgan fingerprint density at radius 1 is 1.71 bits per heavy atom. The molecule has 1 aromatic heterocycles. The van der Waals surface area contributed by atoms with Gasteiger partial charge in [0.15, 0.2) is 0 Å². The van der Waals surface area contributed by atoms with Crippen molar-refractivity contribution >= 4 is 11.6 Å². The van der Waals surface area contributed by atoms with Gasteiger partial charge in [0.05, 0.1) is 18.4 Å². The monoisotopic (exact) mass is 196 g/mol. The fourth-order valence-corrected chi connectivity index (χ4v) is 1.00.